The van der Waals surface area contributed by atoms with Gasteiger partial charge in [-0.25, -0.2) is 0 Å². The molecule has 1 aromatic rings. The van der Waals surface area contributed by atoms with Crippen molar-refractivity contribution in [3.63, 3.8) is 0 Å². The van der Waals surface area contributed by atoms with Crippen molar-refractivity contribution in [1.29, 1.82) is 0 Å². The molecule has 0 aromatic heterocycles. The van der Waals surface area contributed by atoms with Crippen LogP contribution in [-0.4, -0.2) is 86.2 Å². The van der Waals surface area contributed by atoms with Gasteiger partial charge in [0.15, 0.2) is 5.96 Å². The molecule has 0 spiro atoms. The first-order valence-corrected chi connectivity index (χ1v) is 11.8. The molecular formula is C22H38IN5OS. The summed E-state index contributed by atoms with van der Waals surface area (Å²) in [6, 6.07) is 8.75. The number of hydrogen-bond donors (Lipinski definition) is 1. The van der Waals surface area contributed by atoms with Crippen LogP contribution in [0.2, 0.25) is 0 Å². The van der Waals surface area contributed by atoms with Gasteiger partial charge in [0.25, 0.3) is 0 Å². The van der Waals surface area contributed by atoms with E-state index >= 15 is 0 Å². The first-order chi connectivity index (χ1) is 14.0. The number of rotatable bonds is 9. The molecule has 1 aromatic carbocycles. The Morgan fingerprint density at radius 1 is 1.27 bits per heavy atom. The average Bonchev–Trinajstić information content (AvgIpc) is 3.18. The first kappa shape index (κ1) is 27.0. The number of benzene rings is 1. The Morgan fingerprint density at radius 2 is 1.97 bits per heavy atom. The number of amides is 1. The Labute approximate surface area is 203 Å². The minimum Gasteiger partial charge on any atom is -0.357 e. The highest BCUT2D eigenvalue weighted by Crippen LogP contribution is 2.19. The van der Waals surface area contributed by atoms with Gasteiger partial charge in [0, 0.05) is 52.2 Å². The van der Waals surface area contributed by atoms with Crippen molar-refractivity contribution in [3.8, 4) is 0 Å². The summed E-state index contributed by atoms with van der Waals surface area (Å²) >= 11 is 1.76. The number of hydrogen-bond acceptors (Lipinski definition) is 4. The molecule has 0 bridgehead atoms. The molecule has 1 unspecified atom stereocenters. The summed E-state index contributed by atoms with van der Waals surface area (Å²) in [6.45, 7) is 6.47. The molecule has 1 aliphatic rings. The Balaban J connectivity index is 0.00000450. The third kappa shape index (κ3) is 8.26. The van der Waals surface area contributed by atoms with Gasteiger partial charge in [0.1, 0.15) is 0 Å². The number of aliphatic imine (C=N–C) groups is 1. The monoisotopic (exact) mass is 547 g/mol. The predicted octanol–water partition coefficient (Wildman–Crippen LogP) is 3.37. The van der Waals surface area contributed by atoms with Crippen LogP contribution in [-0.2, 0) is 11.3 Å². The van der Waals surface area contributed by atoms with Crippen LogP contribution in [0.1, 0.15) is 31.7 Å². The largest absolute Gasteiger partial charge is 0.357 e. The Kier molecular flexibility index (Phi) is 12.7. The van der Waals surface area contributed by atoms with Crippen molar-refractivity contribution in [3.05, 3.63) is 29.8 Å². The fraction of sp³-hybridized carbons (Fsp3) is 0.636. The lowest BCUT2D eigenvalue weighted by molar-refractivity contribution is -0.133. The number of thioether (sulfide) groups is 1. The maximum absolute atomic E-state index is 12.3. The Bertz CT molecular complexity index is 668. The number of nitrogens with zero attached hydrogens (tertiary/aromatic N) is 4. The molecule has 1 atom stereocenters. The van der Waals surface area contributed by atoms with E-state index in [0.29, 0.717) is 0 Å². The molecule has 1 aliphatic heterocycles. The fourth-order valence-corrected chi connectivity index (χ4v) is 4.09. The van der Waals surface area contributed by atoms with E-state index in [2.05, 4.69) is 59.6 Å². The van der Waals surface area contributed by atoms with Gasteiger partial charge in [0.05, 0.1) is 6.04 Å². The summed E-state index contributed by atoms with van der Waals surface area (Å²) in [7, 11) is 5.77. The van der Waals surface area contributed by atoms with E-state index in [4.69, 9.17) is 4.99 Å². The third-order valence-electron chi connectivity index (χ3n) is 5.23. The molecule has 1 fully saturated rings. The van der Waals surface area contributed by atoms with Gasteiger partial charge < -0.3 is 15.1 Å². The van der Waals surface area contributed by atoms with Gasteiger partial charge >= 0.3 is 0 Å². The molecule has 30 heavy (non-hydrogen) atoms. The molecule has 6 nitrogen and oxygen atoms in total. The number of guanidine groups is 1. The van der Waals surface area contributed by atoms with Crippen molar-refractivity contribution >= 4 is 47.6 Å². The third-order valence-corrected chi connectivity index (χ3v) is 5.97. The lowest BCUT2D eigenvalue weighted by Gasteiger charge is -2.26. The molecule has 1 heterocycles. The van der Waals surface area contributed by atoms with Crippen LogP contribution in [0.5, 0.6) is 0 Å². The molecule has 170 valence electrons. The first-order valence-electron chi connectivity index (χ1n) is 10.5. The standard InChI is InChI=1S/C22H37N5OS.HI/c1-6-23-22(26(4)17-18-10-12-19(29-5)13-11-18)24-14-8-16-27-15-7-9-20(27)21(28)25(2)3;/h10-13,20H,6-9,14-17H2,1-5H3,(H,23,24);1H. The number of likely N-dealkylation sites (N-methyl/N-ethyl adjacent to an activating group) is 1. The van der Waals surface area contributed by atoms with E-state index in [1.165, 1.54) is 10.5 Å². The zero-order chi connectivity index (χ0) is 21.2. The SMILES string of the molecule is CCNC(=NCCCN1CCCC1C(=O)N(C)C)N(C)Cc1ccc(SC)cc1.I. The zero-order valence-electron chi connectivity index (χ0n) is 19.1. The second kappa shape index (κ2) is 14.1. The molecule has 0 saturated carbocycles. The van der Waals surface area contributed by atoms with Crippen LogP contribution < -0.4 is 5.32 Å². The van der Waals surface area contributed by atoms with Crippen molar-refractivity contribution in [2.75, 3.05) is 53.6 Å². The van der Waals surface area contributed by atoms with Gasteiger partial charge in [-0.2, -0.15) is 0 Å². The number of likely N-dealkylation sites (tertiary alicyclic amines) is 1. The zero-order valence-corrected chi connectivity index (χ0v) is 22.2. The van der Waals surface area contributed by atoms with Crippen LogP contribution in [0, 0.1) is 0 Å². The summed E-state index contributed by atoms with van der Waals surface area (Å²) in [5.74, 6) is 1.16. The van der Waals surface area contributed by atoms with Gasteiger partial charge in [-0.05, 0) is 56.7 Å². The summed E-state index contributed by atoms with van der Waals surface area (Å²) < 4.78 is 0. The van der Waals surface area contributed by atoms with Gasteiger partial charge in [-0.3, -0.25) is 14.7 Å². The normalized spacial score (nSPS) is 16.8. The molecule has 0 radical (unpaired) electrons. The minimum atomic E-state index is 0. The fourth-order valence-electron chi connectivity index (χ4n) is 3.68. The Hall–Kier alpha value is -1.000. The number of carbonyl (C=O) groups is 1. The molecule has 0 aliphatic carbocycles. The van der Waals surface area contributed by atoms with E-state index in [9.17, 15) is 4.79 Å². The molecule has 2 rings (SSSR count). The summed E-state index contributed by atoms with van der Waals surface area (Å²) in [6.07, 6.45) is 5.13. The lowest BCUT2D eigenvalue weighted by atomic mass is 10.2. The van der Waals surface area contributed by atoms with E-state index in [-0.39, 0.29) is 35.9 Å². The number of carbonyl (C=O) groups excluding carboxylic acids is 1. The second-order valence-corrected chi connectivity index (χ2v) is 8.60. The molecule has 1 amide bonds. The van der Waals surface area contributed by atoms with E-state index in [1.807, 2.05) is 14.1 Å². The molecule has 8 heteroatoms. The summed E-state index contributed by atoms with van der Waals surface area (Å²) in [5.41, 5.74) is 1.28. The lowest BCUT2D eigenvalue weighted by Crippen LogP contribution is -2.43. The van der Waals surface area contributed by atoms with Crippen molar-refractivity contribution in [2.45, 2.75) is 43.7 Å². The highest BCUT2D eigenvalue weighted by atomic mass is 127. The highest BCUT2D eigenvalue weighted by molar-refractivity contribution is 14.0. The van der Waals surface area contributed by atoms with Crippen LogP contribution in [0.4, 0.5) is 0 Å². The quantitative estimate of drug-likeness (QED) is 0.169. The topological polar surface area (TPSA) is 51.2 Å². The minimum absolute atomic E-state index is 0. The van der Waals surface area contributed by atoms with Crippen molar-refractivity contribution < 1.29 is 4.79 Å². The maximum Gasteiger partial charge on any atom is 0.239 e. The van der Waals surface area contributed by atoms with Crippen LogP contribution in [0.3, 0.4) is 0 Å². The summed E-state index contributed by atoms with van der Waals surface area (Å²) in [4.78, 5) is 24.6. The predicted molar refractivity (Wildman–Crippen MR) is 139 cm³/mol. The summed E-state index contributed by atoms with van der Waals surface area (Å²) in [5, 5.41) is 3.39. The highest BCUT2D eigenvalue weighted by Gasteiger charge is 2.30. The van der Waals surface area contributed by atoms with E-state index in [1.54, 1.807) is 16.7 Å². The molecule has 1 saturated heterocycles. The van der Waals surface area contributed by atoms with Crippen LogP contribution in [0.25, 0.3) is 0 Å². The second-order valence-electron chi connectivity index (χ2n) is 7.72. The number of nitrogens with one attached hydrogen (secondary N) is 1. The average molecular weight is 548 g/mol. The Morgan fingerprint density at radius 3 is 2.57 bits per heavy atom. The molecular weight excluding hydrogens is 509 g/mol. The van der Waals surface area contributed by atoms with Crippen LogP contribution >= 0.6 is 35.7 Å². The van der Waals surface area contributed by atoms with Gasteiger partial charge in [-0.15, -0.1) is 35.7 Å². The van der Waals surface area contributed by atoms with Gasteiger partial charge in [-0.1, -0.05) is 12.1 Å². The van der Waals surface area contributed by atoms with Crippen molar-refractivity contribution in [2.24, 2.45) is 4.99 Å². The number of halogens is 1. The van der Waals surface area contributed by atoms with Crippen molar-refractivity contribution in [1.82, 2.24) is 20.0 Å². The van der Waals surface area contributed by atoms with Gasteiger partial charge in [0.2, 0.25) is 5.91 Å². The van der Waals surface area contributed by atoms with E-state index in [0.717, 1.165) is 57.9 Å². The van der Waals surface area contributed by atoms with E-state index < -0.39 is 0 Å². The van der Waals surface area contributed by atoms with Crippen LogP contribution in [0.15, 0.2) is 34.2 Å². The molecule has 1 N–H and O–H groups in total. The maximum atomic E-state index is 12.3. The smallest absolute Gasteiger partial charge is 0.239 e.